The van der Waals surface area contributed by atoms with Crippen molar-refractivity contribution in [2.24, 2.45) is 0 Å². The first kappa shape index (κ1) is 20.3. The number of carbonyl (C=O) groups excluding carboxylic acids is 2. The Morgan fingerprint density at radius 2 is 1.88 bits per heavy atom. The van der Waals surface area contributed by atoms with Crippen LogP contribution in [0.15, 0.2) is 24.3 Å². The van der Waals surface area contributed by atoms with Gasteiger partial charge in [0.25, 0.3) is 5.91 Å². The van der Waals surface area contributed by atoms with E-state index in [1.807, 2.05) is 12.1 Å². The smallest absolute Gasteiger partial charge is 0.347 e. The number of hydrogen-bond acceptors (Lipinski definition) is 6. The summed E-state index contributed by atoms with van der Waals surface area (Å²) >= 11 is 5.84. The minimum absolute atomic E-state index is 0.138. The third-order valence-electron chi connectivity index (χ3n) is 3.12. The molecule has 7 nitrogen and oxygen atoms in total. The van der Waals surface area contributed by atoms with Crippen molar-refractivity contribution >= 4 is 23.5 Å². The first-order valence-corrected chi connectivity index (χ1v) is 7.96. The molecule has 0 fully saturated rings. The molecular formula is C17H18ClN3O4. The van der Waals surface area contributed by atoms with E-state index in [0.29, 0.717) is 10.8 Å². The summed E-state index contributed by atoms with van der Waals surface area (Å²) in [4.78, 5) is 25.3. The summed E-state index contributed by atoms with van der Waals surface area (Å²) in [6, 6.07) is 10.4. The van der Waals surface area contributed by atoms with Crippen molar-refractivity contribution in [2.75, 3.05) is 19.7 Å². The van der Waals surface area contributed by atoms with Crippen molar-refractivity contribution in [3.8, 4) is 17.9 Å². The number of carbonyl (C=O) groups is 2. The van der Waals surface area contributed by atoms with Gasteiger partial charge >= 0.3 is 5.97 Å². The molecule has 25 heavy (non-hydrogen) atoms. The molecule has 0 aliphatic rings. The predicted molar refractivity (Wildman–Crippen MR) is 89.5 cm³/mol. The van der Waals surface area contributed by atoms with Crippen molar-refractivity contribution in [1.29, 1.82) is 10.5 Å². The summed E-state index contributed by atoms with van der Waals surface area (Å²) in [6.07, 6.45) is -0.642. The van der Waals surface area contributed by atoms with Crippen LogP contribution >= 0.6 is 11.6 Å². The molecule has 1 aromatic carbocycles. The fraction of sp³-hybridized carbons (Fsp3) is 0.412. The lowest BCUT2D eigenvalue weighted by Gasteiger charge is -2.20. The highest BCUT2D eigenvalue weighted by molar-refractivity contribution is 6.30. The number of halogens is 1. The molecule has 1 atom stereocenters. The van der Waals surface area contributed by atoms with E-state index < -0.39 is 24.6 Å². The van der Waals surface area contributed by atoms with Gasteiger partial charge in [-0.25, -0.2) is 4.79 Å². The van der Waals surface area contributed by atoms with Crippen LogP contribution in [-0.2, 0) is 14.3 Å². The molecule has 0 radical (unpaired) electrons. The Morgan fingerprint density at radius 3 is 2.44 bits per heavy atom. The number of rotatable bonds is 9. The first-order chi connectivity index (χ1) is 12.0. The number of esters is 1. The fourth-order valence-corrected chi connectivity index (χ4v) is 2.05. The van der Waals surface area contributed by atoms with Crippen LogP contribution < -0.4 is 4.74 Å². The number of hydrogen-bond donors (Lipinski definition) is 0. The molecule has 1 amide bonds. The van der Waals surface area contributed by atoms with Crippen molar-refractivity contribution in [2.45, 2.75) is 25.9 Å². The third-order valence-corrected chi connectivity index (χ3v) is 3.35. The van der Waals surface area contributed by atoms with Crippen molar-refractivity contribution in [3.05, 3.63) is 29.3 Å². The zero-order valence-corrected chi connectivity index (χ0v) is 14.5. The van der Waals surface area contributed by atoms with Gasteiger partial charge in [0, 0.05) is 18.1 Å². The molecule has 1 rings (SSSR count). The number of nitrogens with zero attached hydrogens (tertiary/aromatic N) is 3. The van der Waals surface area contributed by atoms with Gasteiger partial charge in [-0.05, 0) is 25.1 Å². The zero-order chi connectivity index (χ0) is 18.7. The van der Waals surface area contributed by atoms with Crippen LogP contribution in [0, 0.1) is 22.7 Å². The number of nitriles is 2. The molecule has 8 heteroatoms. The minimum atomic E-state index is -0.919. The number of benzene rings is 1. The van der Waals surface area contributed by atoms with Crippen LogP contribution in [-0.4, -0.2) is 42.6 Å². The summed E-state index contributed by atoms with van der Waals surface area (Å²) in [5, 5.41) is 17.7. The summed E-state index contributed by atoms with van der Waals surface area (Å²) in [7, 11) is 0. The van der Waals surface area contributed by atoms with E-state index in [-0.39, 0.29) is 25.9 Å². The molecule has 0 bridgehead atoms. The van der Waals surface area contributed by atoms with Gasteiger partial charge in [0.2, 0.25) is 0 Å². The number of ether oxygens (including phenoxy) is 2. The Bertz CT molecular complexity index is 663. The molecule has 0 N–H and O–H groups in total. The predicted octanol–water partition coefficient (Wildman–Crippen LogP) is 2.31. The monoisotopic (exact) mass is 363 g/mol. The Labute approximate surface area is 151 Å². The van der Waals surface area contributed by atoms with E-state index in [2.05, 4.69) is 0 Å². The van der Waals surface area contributed by atoms with Crippen LogP contribution in [0.1, 0.15) is 19.8 Å². The number of amides is 1. The van der Waals surface area contributed by atoms with Crippen molar-refractivity contribution in [3.63, 3.8) is 0 Å². The van der Waals surface area contributed by atoms with E-state index in [1.54, 1.807) is 24.3 Å². The van der Waals surface area contributed by atoms with Crippen LogP contribution in [0.3, 0.4) is 0 Å². The molecule has 132 valence electrons. The molecule has 0 aliphatic heterocycles. The highest BCUT2D eigenvalue weighted by Crippen LogP contribution is 2.18. The second kappa shape index (κ2) is 10.9. The molecule has 0 saturated heterocycles. The molecule has 0 aromatic heterocycles. The maximum atomic E-state index is 12.1. The maximum absolute atomic E-state index is 12.1. The Hall–Kier alpha value is -2.77. The van der Waals surface area contributed by atoms with Gasteiger partial charge in [-0.1, -0.05) is 17.7 Å². The van der Waals surface area contributed by atoms with E-state index in [1.165, 1.54) is 11.8 Å². The minimum Gasteiger partial charge on any atom is -0.479 e. The highest BCUT2D eigenvalue weighted by atomic mass is 35.5. The average Bonchev–Trinajstić information content (AvgIpc) is 2.59. The Kier molecular flexibility index (Phi) is 8.84. The normalized spacial score (nSPS) is 10.9. The lowest BCUT2D eigenvalue weighted by molar-refractivity contribution is -0.157. The van der Waals surface area contributed by atoms with Crippen molar-refractivity contribution < 1.29 is 19.1 Å². The summed E-state index contributed by atoms with van der Waals surface area (Å²) in [6.45, 7) is 1.39. The maximum Gasteiger partial charge on any atom is 0.347 e. The van der Waals surface area contributed by atoms with E-state index >= 15 is 0 Å². The first-order valence-electron chi connectivity index (χ1n) is 7.58. The molecule has 0 aliphatic carbocycles. The SMILES string of the molecule is CC(Oc1cccc(Cl)c1)C(=O)OCC(=O)N(CCC#N)CCC#N. The van der Waals surface area contributed by atoms with Gasteiger partial charge in [0.1, 0.15) is 5.75 Å². The van der Waals surface area contributed by atoms with Crippen LogP contribution in [0.4, 0.5) is 0 Å². The molecule has 0 heterocycles. The van der Waals surface area contributed by atoms with Gasteiger partial charge in [0.15, 0.2) is 12.7 Å². The third kappa shape index (κ3) is 7.56. The average molecular weight is 364 g/mol. The van der Waals surface area contributed by atoms with Gasteiger partial charge in [-0.3, -0.25) is 4.79 Å². The summed E-state index contributed by atoms with van der Waals surface area (Å²) < 4.78 is 10.4. The largest absolute Gasteiger partial charge is 0.479 e. The second-order valence-corrected chi connectivity index (χ2v) is 5.46. The van der Waals surface area contributed by atoms with E-state index in [4.69, 9.17) is 31.6 Å². The summed E-state index contributed by atoms with van der Waals surface area (Å²) in [5.74, 6) is -0.754. The Balaban J connectivity index is 2.50. The molecule has 1 unspecified atom stereocenters. The van der Waals surface area contributed by atoms with Crippen LogP contribution in [0.5, 0.6) is 5.75 Å². The molecule has 1 aromatic rings. The van der Waals surface area contributed by atoms with Crippen LogP contribution in [0.2, 0.25) is 5.02 Å². The lowest BCUT2D eigenvalue weighted by Crippen LogP contribution is -2.37. The second-order valence-electron chi connectivity index (χ2n) is 5.02. The molecule has 0 saturated carbocycles. The zero-order valence-electron chi connectivity index (χ0n) is 13.8. The van der Waals surface area contributed by atoms with E-state index in [0.717, 1.165) is 0 Å². The highest BCUT2D eigenvalue weighted by Gasteiger charge is 2.20. The van der Waals surface area contributed by atoms with Crippen molar-refractivity contribution in [1.82, 2.24) is 4.90 Å². The van der Waals surface area contributed by atoms with Gasteiger partial charge in [-0.2, -0.15) is 10.5 Å². The molecular weight excluding hydrogens is 346 g/mol. The van der Waals surface area contributed by atoms with Gasteiger partial charge in [0.05, 0.1) is 25.0 Å². The van der Waals surface area contributed by atoms with E-state index in [9.17, 15) is 9.59 Å². The quantitative estimate of drug-likeness (QED) is 0.623. The Morgan fingerprint density at radius 1 is 1.24 bits per heavy atom. The van der Waals surface area contributed by atoms with Gasteiger partial charge in [-0.15, -0.1) is 0 Å². The fourth-order valence-electron chi connectivity index (χ4n) is 1.87. The summed E-state index contributed by atoms with van der Waals surface area (Å²) in [5.41, 5.74) is 0. The van der Waals surface area contributed by atoms with Gasteiger partial charge < -0.3 is 14.4 Å². The standard InChI is InChI=1S/C17H18ClN3O4/c1-13(25-15-6-2-5-14(18)11-15)17(23)24-12-16(22)21(9-3-7-19)10-4-8-20/h2,5-6,11,13H,3-4,9-10,12H2,1H3. The molecule has 0 spiro atoms. The van der Waals surface area contributed by atoms with Crippen LogP contribution in [0.25, 0.3) is 0 Å². The lowest BCUT2D eigenvalue weighted by atomic mass is 10.3. The topological polar surface area (TPSA) is 103 Å².